The van der Waals surface area contributed by atoms with Gasteiger partial charge >= 0.3 is 6.18 Å². The molecule has 1 amide bonds. The first-order valence-electron chi connectivity index (χ1n) is 13.0. The molecular weight excluding hydrogens is 592 g/mol. The molecule has 4 aromatic rings. The van der Waals surface area contributed by atoms with Crippen molar-refractivity contribution in [2.75, 3.05) is 18.1 Å². The molecule has 0 aliphatic heterocycles. The van der Waals surface area contributed by atoms with Gasteiger partial charge in [-0.15, -0.1) is 0 Å². The van der Waals surface area contributed by atoms with Crippen LogP contribution < -0.4 is 5.56 Å². The van der Waals surface area contributed by atoms with Crippen LogP contribution in [0.2, 0.25) is 0 Å². The van der Waals surface area contributed by atoms with E-state index in [0.717, 1.165) is 11.0 Å². The van der Waals surface area contributed by atoms with Crippen LogP contribution in [0.15, 0.2) is 53.6 Å². The molecule has 15 heteroatoms. The van der Waals surface area contributed by atoms with E-state index in [9.17, 15) is 40.8 Å². The van der Waals surface area contributed by atoms with Crippen LogP contribution in [0.5, 0.6) is 0 Å². The molecule has 43 heavy (non-hydrogen) atoms. The van der Waals surface area contributed by atoms with Gasteiger partial charge in [0.15, 0.2) is 21.0 Å². The highest BCUT2D eigenvalue weighted by atomic mass is 32.2. The van der Waals surface area contributed by atoms with E-state index in [-0.39, 0.29) is 34.8 Å². The van der Waals surface area contributed by atoms with Gasteiger partial charge in [-0.3, -0.25) is 14.2 Å². The molecule has 0 fully saturated rings. The Bertz CT molecular complexity index is 1890. The van der Waals surface area contributed by atoms with Crippen LogP contribution in [-0.2, 0) is 34.3 Å². The first-order valence-corrected chi connectivity index (χ1v) is 14.8. The average Bonchev–Trinajstić information content (AvgIpc) is 3.34. The smallest absolute Gasteiger partial charge is 0.331 e. The van der Waals surface area contributed by atoms with E-state index in [1.807, 2.05) is 6.07 Å². The Kier molecular flexibility index (Phi) is 8.72. The van der Waals surface area contributed by atoms with Gasteiger partial charge < -0.3 is 9.47 Å². The summed E-state index contributed by atoms with van der Waals surface area (Å²) in [6.07, 6.45) is -4.24. The number of aryl methyl sites for hydroxylation is 1. The number of nitriles is 1. The van der Waals surface area contributed by atoms with E-state index >= 15 is 0 Å². The van der Waals surface area contributed by atoms with Crippen LogP contribution in [0.4, 0.5) is 17.6 Å². The molecule has 0 unspecified atom stereocenters. The standard InChI is InChI=1S/C28H26F4N6O4S/c1-4-43(41,42)12-11-37(23(39)14-19-7-10-22(29)21(13-19)28(30,31)32)17(2)26-35-25-24(36(3)16-34-25)27(40)38(26)20-8-5-18(15-33)6-9-20/h5-10,13,16-17H,4,11-12,14H2,1-3H3/t17-/m1/s1. The molecule has 0 saturated carbocycles. The van der Waals surface area contributed by atoms with Crippen LogP contribution in [0.3, 0.4) is 0 Å². The van der Waals surface area contributed by atoms with Crippen LogP contribution in [0.1, 0.15) is 42.4 Å². The number of fused-ring (bicyclic) bond motifs is 1. The van der Waals surface area contributed by atoms with Crippen molar-refractivity contribution in [2.24, 2.45) is 7.05 Å². The van der Waals surface area contributed by atoms with Gasteiger partial charge in [0.05, 0.1) is 47.4 Å². The van der Waals surface area contributed by atoms with Crippen LogP contribution in [0.25, 0.3) is 16.9 Å². The van der Waals surface area contributed by atoms with Gasteiger partial charge in [0.25, 0.3) is 5.56 Å². The van der Waals surface area contributed by atoms with Crippen molar-refractivity contribution in [3.63, 3.8) is 0 Å². The number of imidazole rings is 1. The summed E-state index contributed by atoms with van der Waals surface area (Å²) in [6, 6.07) is 9.05. The second-order valence-electron chi connectivity index (χ2n) is 9.79. The van der Waals surface area contributed by atoms with Crippen molar-refractivity contribution in [3.8, 4) is 11.8 Å². The summed E-state index contributed by atoms with van der Waals surface area (Å²) in [4.78, 5) is 37.2. The molecule has 0 saturated heterocycles. The number of sulfone groups is 1. The van der Waals surface area contributed by atoms with Crippen molar-refractivity contribution < 1.29 is 30.8 Å². The van der Waals surface area contributed by atoms with E-state index in [1.54, 1.807) is 7.05 Å². The highest BCUT2D eigenvalue weighted by molar-refractivity contribution is 7.91. The summed E-state index contributed by atoms with van der Waals surface area (Å²) in [5.74, 6) is -2.96. The van der Waals surface area contributed by atoms with E-state index < -0.39 is 57.1 Å². The lowest BCUT2D eigenvalue weighted by Gasteiger charge is -2.30. The minimum absolute atomic E-state index is 0.00163. The molecule has 4 rings (SSSR count). The lowest BCUT2D eigenvalue weighted by Crippen LogP contribution is -2.41. The first-order chi connectivity index (χ1) is 20.2. The van der Waals surface area contributed by atoms with Crippen molar-refractivity contribution in [1.29, 1.82) is 5.26 Å². The number of aromatic nitrogens is 4. The highest BCUT2D eigenvalue weighted by Crippen LogP contribution is 2.32. The molecule has 0 bridgehead atoms. The van der Waals surface area contributed by atoms with Crippen LogP contribution in [-0.4, -0.2) is 56.4 Å². The lowest BCUT2D eigenvalue weighted by molar-refractivity contribution is -0.140. The fraction of sp³-hybridized carbons (Fsp3) is 0.321. The zero-order chi connectivity index (χ0) is 31.7. The molecule has 0 spiro atoms. The van der Waals surface area contributed by atoms with Crippen molar-refractivity contribution in [3.05, 3.63) is 87.5 Å². The van der Waals surface area contributed by atoms with Gasteiger partial charge in [-0.1, -0.05) is 13.0 Å². The topological polar surface area (TPSA) is 131 Å². The maximum absolute atomic E-state index is 13.9. The summed E-state index contributed by atoms with van der Waals surface area (Å²) in [5.41, 5.74) is -1.43. The van der Waals surface area contributed by atoms with E-state index in [2.05, 4.69) is 9.97 Å². The Morgan fingerprint density at radius 2 is 1.84 bits per heavy atom. The monoisotopic (exact) mass is 618 g/mol. The minimum Gasteiger partial charge on any atom is -0.331 e. The second kappa shape index (κ2) is 12.0. The van der Waals surface area contributed by atoms with Gasteiger partial charge in [0.2, 0.25) is 5.91 Å². The molecule has 1 atom stereocenters. The molecule has 226 valence electrons. The molecule has 2 heterocycles. The third-order valence-electron chi connectivity index (χ3n) is 6.96. The predicted octanol–water partition coefficient (Wildman–Crippen LogP) is 3.72. The van der Waals surface area contributed by atoms with Gasteiger partial charge in [0, 0.05) is 19.3 Å². The number of hydrogen-bond donors (Lipinski definition) is 0. The fourth-order valence-corrected chi connectivity index (χ4v) is 5.32. The number of hydrogen-bond acceptors (Lipinski definition) is 7. The molecule has 2 aromatic heterocycles. The highest BCUT2D eigenvalue weighted by Gasteiger charge is 2.35. The molecule has 0 radical (unpaired) electrons. The van der Waals surface area contributed by atoms with Gasteiger partial charge in [-0.2, -0.15) is 18.4 Å². The molecule has 2 aromatic carbocycles. The van der Waals surface area contributed by atoms with Crippen LogP contribution in [0, 0.1) is 17.1 Å². The normalized spacial score (nSPS) is 12.7. The molecule has 0 aliphatic carbocycles. The minimum atomic E-state index is -5.00. The Hall–Kier alpha value is -4.58. The summed E-state index contributed by atoms with van der Waals surface area (Å²) in [7, 11) is -2.01. The number of benzene rings is 2. The maximum atomic E-state index is 13.9. The number of alkyl halides is 3. The molecule has 0 N–H and O–H groups in total. The van der Waals surface area contributed by atoms with Crippen molar-refractivity contribution in [2.45, 2.75) is 32.5 Å². The largest absolute Gasteiger partial charge is 0.419 e. The third-order valence-corrected chi connectivity index (χ3v) is 8.65. The lowest BCUT2D eigenvalue weighted by atomic mass is 10.1. The van der Waals surface area contributed by atoms with Crippen molar-refractivity contribution >= 4 is 26.9 Å². The zero-order valence-electron chi connectivity index (χ0n) is 23.3. The second-order valence-corrected chi connectivity index (χ2v) is 12.3. The quantitative estimate of drug-likeness (QED) is 0.261. The van der Waals surface area contributed by atoms with E-state index in [0.29, 0.717) is 23.4 Å². The number of nitrogens with zero attached hydrogens (tertiary/aromatic N) is 6. The van der Waals surface area contributed by atoms with Crippen LogP contribution >= 0.6 is 0 Å². The Balaban J connectivity index is 1.84. The third kappa shape index (κ3) is 6.59. The van der Waals surface area contributed by atoms with E-state index in [1.165, 1.54) is 53.6 Å². The average molecular weight is 619 g/mol. The summed E-state index contributed by atoms with van der Waals surface area (Å²) in [6.45, 7) is 2.56. The van der Waals surface area contributed by atoms with Gasteiger partial charge in [0.1, 0.15) is 11.6 Å². The van der Waals surface area contributed by atoms with Gasteiger partial charge in [-0.25, -0.2) is 22.8 Å². The van der Waals surface area contributed by atoms with Gasteiger partial charge in [-0.05, 0) is 48.9 Å². The SMILES string of the molecule is CCS(=O)(=O)CCN(C(=O)Cc1ccc(F)c(C(F)(F)F)c1)[C@H](C)c1nc2ncn(C)c2c(=O)n1-c1ccc(C#N)cc1. The number of carbonyl (C=O) groups is 1. The molecule has 10 nitrogen and oxygen atoms in total. The summed E-state index contributed by atoms with van der Waals surface area (Å²) in [5, 5.41) is 9.20. The Morgan fingerprint density at radius 1 is 1.16 bits per heavy atom. The number of halogens is 4. The molecule has 0 aliphatic rings. The van der Waals surface area contributed by atoms with Crippen molar-refractivity contribution in [1.82, 2.24) is 24.0 Å². The number of amides is 1. The Labute approximate surface area is 243 Å². The zero-order valence-corrected chi connectivity index (χ0v) is 24.1. The number of rotatable bonds is 9. The maximum Gasteiger partial charge on any atom is 0.419 e. The summed E-state index contributed by atoms with van der Waals surface area (Å²) < 4.78 is 81.3. The first kappa shape index (κ1) is 31.4. The predicted molar refractivity (Wildman–Crippen MR) is 148 cm³/mol. The molecular formula is C28H26F4N6O4S. The summed E-state index contributed by atoms with van der Waals surface area (Å²) >= 11 is 0. The fourth-order valence-electron chi connectivity index (χ4n) is 4.56. The Morgan fingerprint density at radius 3 is 2.44 bits per heavy atom. The number of carbonyl (C=O) groups excluding carboxylic acids is 1. The van der Waals surface area contributed by atoms with E-state index in [4.69, 9.17) is 0 Å².